The average Bonchev–Trinajstić information content (AvgIpc) is 2.33. The van der Waals surface area contributed by atoms with Gasteiger partial charge < -0.3 is 5.73 Å². The predicted molar refractivity (Wildman–Crippen MR) is 61.4 cm³/mol. The van der Waals surface area contributed by atoms with Crippen molar-refractivity contribution in [1.82, 2.24) is 4.98 Å². The minimum atomic E-state index is -0.378. The summed E-state index contributed by atoms with van der Waals surface area (Å²) in [5, 5.41) is 0. The smallest absolute Gasteiger partial charge is 0.126 e. The number of aromatic nitrogens is 1. The second-order valence-corrected chi connectivity index (χ2v) is 3.74. The molecule has 0 spiro atoms. The molecule has 3 heteroatoms. The van der Waals surface area contributed by atoms with Gasteiger partial charge in [-0.1, -0.05) is 18.2 Å². The molecule has 0 radical (unpaired) electrons. The van der Waals surface area contributed by atoms with Crippen LogP contribution in [0.15, 0.2) is 42.6 Å². The van der Waals surface area contributed by atoms with Gasteiger partial charge in [0.05, 0.1) is 11.7 Å². The number of benzene rings is 1. The van der Waals surface area contributed by atoms with E-state index in [1.807, 2.05) is 24.3 Å². The zero-order valence-electron chi connectivity index (χ0n) is 9.02. The van der Waals surface area contributed by atoms with E-state index in [2.05, 4.69) is 4.98 Å². The van der Waals surface area contributed by atoms with Gasteiger partial charge in [0.2, 0.25) is 0 Å². The molecule has 16 heavy (non-hydrogen) atoms. The lowest BCUT2D eigenvalue weighted by Gasteiger charge is -2.11. The predicted octanol–water partition coefficient (Wildman–Crippen LogP) is 2.58. The van der Waals surface area contributed by atoms with Crippen molar-refractivity contribution < 1.29 is 4.39 Å². The Morgan fingerprint density at radius 3 is 2.69 bits per heavy atom. The van der Waals surface area contributed by atoms with Crippen molar-refractivity contribution in [3.63, 3.8) is 0 Å². The van der Waals surface area contributed by atoms with Gasteiger partial charge in [-0.2, -0.15) is 0 Å². The highest BCUT2D eigenvalue weighted by atomic mass is 19.1. The number of hydrogen-bond donors (Lipinski definition) is 1. The summed E-state index contributed by atoms with van der Waals surface area (Å²) >= 11 is 0. The Balaban J connectivity index is 2.34. The third kappa shape index (κ3) is 2.09. The normalized spacial score (nSPS) is 12.4. The van der Waals surface area contributed by atoms with Gasteiger partial charge in [0.15, 0.2) is 0 Å². The Morgan fingerprint density at radius 2 is 2.06 bits per heavy atom. The molecule has 0 bridgehead atoms. The van der Waals surface area contributed by atoms with Crippen molar-refractivity contribution in [2.24, 2.45) is 5.73 Å². The molecule has 2 N–H and O–H groups in total. The number of nitrogens with two attached hydrogens (primary N) is 1. The number of hydrogen-bond acceptors (Lipinski definition) is 2. The molecule has 0 saturated heterocycles. The summed E-state index contributed by atoms with van der Waals surface area (Å²) in [7, 11) is 0. The third-order valence-electron chi connectivity index (χ3n) is 2.56. The van der Waals surface area contributed by atoms with Crippen molar-refractivity contribution in [3.8, 4) is 0 Å². The topological polar surface area (TPSA) is 38.9 Å². The fraction of sp³-hybridized carbons (Fsp3) is 0.154. The first-order valence-electron chi connectivity index (χ1n) is 5.11. The van der Waals surface area contributed by atoms with Gasteiger partial charge in [-0.3, -0.25) is 4.98 Å². The number of aryl methyl sites for hydroxylation is 1. The van der Waals surface area contributed by atoms with Crippen LogP contribution in [-0.2, 0) is 0 Å². The van der Waals surface area contributed by atoms with E-state index in [0.717, 1.165) is 11.3 Å². The van der Waals surface area contributed by atoms with E-state index in [9.17, 15) is 4.39 Å². The van der Waals surface area contributed by atoms with Crippen molar-refractivity contribution in [1.29, 1.82) is 0 Å². The first-order valence-corrected chi connectivity index (χ1v) is 5.11. The zero-order chi connectivity index (χ0) is 11.5. The van der Waals surface area contributed by atoms with Gasteiger partial charge >= 0.3 is 0 Å². The molecule has 0 saturated carbocycles. The maximum Gasteiger partial charge on any atom is 0.126 e. The van der Waals surface area contributed by atoms with Crippen molar-refractivity contribution >= 4 is 0 Å². The lowest BCUT2D eigenvalue weighted by Crippen LogP contribution is -2.13. The lowest BCUT2D eigenvalue weighted by atomic mass is 10.0. The summed E-state index contributed by atoms with van der Waals surface area (Å²) in [6, 6.07) is 10.2. The summed E-state index contributed by atoms with van der Waals surface area (Å²) in [6.07, 6.45) is 1.68. The van der Waals surface area contributed by atoms with Gasteiger partial charge in [-0.05, 0) is 36.2 Å². The molecule has 2 nitrogen and oxygen atoms in total. The summed E-state index contributed by atoms with van der Waals surface area (Å²) in [4.78, 5) is 4.16. The standard InChI is InChI=1S/C13H13FN2/c1-9-5-6-10(8-11(9)14)13(15)12-4-2-3-7-16-12/h2-8,13H,15H2,1H3. The van der Waals surface area contributed by atoms with Gasteiger partial charge in [0.1, 0.15) is 5.82 Å². The summed E-state index contributed by atoms with van der Waals surface area (Å²) < 4.78 is 13.4. The van der Waals surface area contributed by atoms with Crippen molar-refractivity contribution in [2.45, 2.75) is 13.0 Å². The fourth-order valence-electron chi connectivity index (χ4n) is 1.53. The van der Waals surface area contributed by atoms with Crippen LogP contribution in [0.1, 0.15) is 22.9 Å². The molecule has 2 aromatic rings. The summed E-state index contributed by atoms with van der Waals surface area (Å²) in [5.74, 6) is -0.233. The Kier molecular flexibility index (Phi) is 2.97. The molecule has 0 aliphatic heterocycles. The van der Waals surface area contributed by atoms with Crippen LogP contribution >= 0.6 is 0 Å². The summed E-state index contributed by atoms with van der Waals surface area (Å²) in [6.45, 7) is 1.73. The number of rotatable bonds is 2. The third-order valence-corrected chi connectivity index (χ3v) is 2.56. The van der Waals surface area contributed by atoms with E-state index in [1.165, 1.54) is 6.07 Å². The van der Waals surface area contributed by atoms with E-state index in [-0.39, 0.29) is 11.9 Å². The maximum atomic E-state index is 13.4. The first-order chi connectivity index (χ1) is 7.68. The van der Waals surface area contributed by atoms with Gasteiger partial charge in [-0.15, -0.1) is 0 Å². The first kappa shape index (κ1) is 10.8. The molecule has 1 aromatic carbocycles. The Morgan fingerprint density at radius 1 is 1.25 bits per heavy atom. The monoisotopic (exact) mass is 216 g/mol. The van der Waals surface area contributed by atoms with Crippen LogP contribution in [-0.4, -0.2) is 4.98 Å². The molecule has 0 aliphatic rings. The van der Waals surface area contributed by atoms with Crippen LogP contribution in [0.2, 0.25) is 0 Å². The molecule has 2 rings (SSSR count). The molecule has 0 aliphatic carbocycles. The van der Waals surface area contributed by atoms with Crippen LogP contribution in [0.5, 0.6) is 0 Å². The van der Waals surface area contributed by atoms with Gasteiger partial charge in [0, 0.05) is 6.20 Å². The molecule has 82 valence electrons. The SMILES string of the molecule is Cc1ccc(C(N)c2ccccn2)cc1F. The summed E-state index contributed by atoms with van der Waals surface area (Å²) in [5.41, 5.74) is 8.11. The van der Waals surface area contributed by atoms with Crippen LogP contribution in [0.25, 0.3) is 0 Å². The highest BCUT2D eigenvalue weighted by molar-refractivity contribution is 5.30. The van der Waals surface area contributed by atoms with E-state index in [0.29, 0.717) is 5.56 Å². The molecule has 0 fully saturated rings. The number of nitrogens with zero attached hydrogens (tertiary/aromatic N) is 1. The highest BCUT2D eigenvalue weighted by Crippen LogP contribution is 2.19. The Labute approximate surface area is 93.9 Å². The zero-order valence-corrected chi connectivity index (χ0v) is 9.02. The van der Waals surface area contributed by atoms with E-state index in [4.69, 9.17) is 5.73 Å². The molecule has 1 heterocycles. The molecular formula is C13H13FN2. The Bertz CT molecular complexity index is 483. The van der Waals surface area contributed by atoms with Gasteiger partial charge in [0.25, 0.3) is 0 Å². The van der Waals surface area contributed by atoms with Gasteiger partial charge in [-0.25, -0.2) is 4.39 Å². The molecule has 1 unspecified atom stereocenters. The molecular weight excluding hydrogens is 203 g/mol. The van der Waals surface area contributed by atoms with Crippen LogP contribution < -0.4 is 5.73 Å². The van der Waals surface area contributed by atoms with Crippen LogP contribution in [0.4, 0.5) is 4.39 Å². The minimum absolute atomic E-state index is 0.233. The van der Waals surface area contributed by atoms with Crippen LogP contribution in [0.3, 0.4) is 0 Å². The number of halogens is 1. The molecule has 1 aromatic heterocycles. The second kappa shape index (κ2) is 4.41. The Hall–Kier alpha value is -1.74. The molecule has 1 atom stereocenters. The van der Waals surface area contributed by atoms with E-state index in [1.54, 1.807) is 19.2 Å². The van der Waals surface area contributed by atoms with Crippen molar-refractivity contribution in [2.75, 3.05) is 0 Å². The largest absolute Gasteiger partial charge is 0.319 e. The lowest BCUT2D eigenvalue weighted by molar-refractivity contribution is 0.614. The fourth-order valence-corrected chi connectivity index (χ4v) is 1.53. The van der Waals surface area contributed by atoms with Crippen molar-refractivity contribution in [3.05, 3.63) is 65.2 Å². The van der Waals surface area contributed by atoms with E-state index >= 15 is 0 Å². The number of pyridine rings is 1. The second-order valence-electron chi connectivity index (χ2n) is 3.74. The van der Waals surface area contributed by atoms with Crippen LogP contribution in [0, 0.1) is 12.7 Å². The highest BCUT2D eigenvalue weighted by Gasteiger charge is 2.11. The van der Waals surface area contributed by atoms with E-state index < -0.39 is 0 Å². The quantitative estimate of drug-likeness (QED) is 0.838. The maximum absolute atomic E-state index is 13.4. The average molecular weight is 216 g/mol. The molecule has 0 amide bonds. The minimum Gasteiger partial charge on any atom is -0.319 e.